The molecule has 1 heterocycles. The molecule has 0 aliphatic rings. The molecular formula is C23H39N9O7. The number of carboxylic acid groups (broad SMARTS) is 2. The van der Waals surface area contributed by atoms with Gasteiger partial charge in [-0.2, -0.15) is 0 Å². The summed E-state index contributed by atoms with van der Waals surface area (Å²) >= 11 is 0. The third-order valence-corrected chi connectivity index (χ3v) is 5.97. The summed E-state index contributed by atoms with van der Waals surface area (Å²) in [5, 5.41) is 26.0. The van der Waals surface area contributed by atoms with Crippen LogP contribution in [0.5, 0.6) is 0 Å². The molecule has 0 aromatic carbocycles. The molecule has 12 N–H and O–H groups in total. The molecule has 5 atom stereocenters. The maximum atomic E-state index is 13.2. The highest BCUT2D eigenvalue weighted by Crippen LogP contribution is 2.10. The van der Waals surface area contributed by atoms with E-state index in [2.05, 4.69) is 30.9 Å². The Labute approximate surface area is 225 Å². The summed E-state index contributed by atoms with van der Waals surface area (Å²) < 4.78 is 0. The molecule has 0 radical (unpaired) electrons. The number of amides is 3. The molecule has 0 aliphatic carbocycles. The fourth-order valence-corrected chi connectivity index (χ4v) is 3.52. The monoisotopic (exact) mass is 553 g/mol. The Hall–Kier alpha value is -4.21. The predicted molar refractivity (Wildman–Crippen MR) is 140 cm³/mol. The Morgan fingerprint density at radius 2 is 1.64 bits per heavy atom. The van der Waals surface area contributed by atoms with Crippen molar-refractivity contribution in [2.45, 2.75) is 76.5 Å². The number of imidazole rings is 1. The average Bonchev–Trinajstić information content (AvgIpc) is 3.38. The Morgan fingerprint density at radius 1 is 1.03 bits per heavy atom. The van der Waals surface area contributed by atoms with Gasteiger partial charge in [0.2, 0.25) is 17.7 Å². The second-order valence-electron chi connectivity index (χ2n) is 9.10. The highest BCUT2D eigenvalue weighted by Gasteiger charge is 2.32. The van der Waals surface area contributed by atoms with Crippen LogP contribution in [0, 0.1) is 5.92 Å². The number of aliphatic carboxylic acids is 2. The molecule has 5 unspecified atom stereocenters. The number of nitrogens with zero attached hydrogens (tertiary/aromatic N) is 2. The zero-order valence-electron chi connectivity index (χ0n) is 22.1. The van der Waals surface area contributed by atoms with Gasteiger partial charge < -0.3 is 48.3 Å². The van der Waals surface area contributed by atoms with Crippen molar-refractivity contribution in [2.75, 3.05) is 6.54 Å². The molecule has 0 aliphatic heterocycles. The number of nitrogens with one attached hydrogen (secondary N) is 4. The number of rotatable bonds is 18. The number of nitrogens with two attached hydrogens (primary N) is 3. The van der Waals surface area contributed by atoms with Crippen molar-refractivity contribution < 1.29 is 34.2 Å². The summed E-state index contributed by atoms with van der Waals surface area (Å²) in [6, 6.07) is -4.83. The SMILES string of the molecule is CCC(C)C(NC(=O)C(CCC(=O)O)NC(=O)C(CCCN=C(N)N)NC(=O)C(N)Cc1cnc[nH]1)C(=O)O. The minimum absolute atomic E-state index is 0.0586. The van der Waals surface area contributed by atoms with Crippen LogP contribution in [0.2, 0.25) is 0 Å². The molecular weight excluding hydrogens is 514 g/mol. The molecule has 0 fully saturated rings. The summed E-state index contributed by atoms with van der Waals surface area (Å²) in [5.41, 5.74) is 17.2. The van der Waals surface area contributed by atoms with Crippen molar-refractivity contribution in [3.05, 3.63) is 18.2 Å². The van der Waals surface area contributed by atoms with Crippen LogP contribution in [0.1, 0.15) is 51.6 Å². The molecule has 0 spiro atoms. The molecule has 218 valence electrons. The van der Waals surface area contributed by atoms with Gasteiger partial charge in [0, 0.05) is 31.3 Å². The highest BCUT2D eigenvalue weighted by atomic mass is 16.4. The fraction of sp³-hybridized carbons (Fsp3) is 0.609. The van der Waals surface area contributed by atoms with Crippen LogP contribution in [-0.4, -0.2) is 86.5 Å². The first-order valence-electron chi connectivity index (χ1n) is 12.5. The lowest BCUT2D eigenvalue weighted by Crippen LogP contribution is -2.58. The number of guanidine groups is 1. The van der Waals surface area contributed by atoms with E-state index >= 15 is 0 Å². The number of H-pyrrole nitrogens is 1. The number of carbonyl (C=O) groups is 5. The summed E-state index contributed by atoms with van der Waals surface area (Å²) in [6.07, 6.45) is 3.04. The Bertz CT molecular complexity index is 996. The van der Waals surface area contributed by atoms with Gasteiger partial charge in [-0.15, -0.1) is 0 Å². The number of aromatic amines is 1. The number of aliphatic imine (C=N–C) groups is 1. The molecule has 0 saturated carbocycles. The number of hydrogen-bond acceptors (Lipinski definition) is 8. The van der Waals surface area contributed by atoms with E-state index in [1.807, 2.05) is 0 Å². The third kappa shape index (κ3) is 12.3. The second kappa shape index (κ2) is 16.6. The van der Waals surface area contributed by atoms with E-state index in [4.69, 9.17) is 22.3 Å². The van der Waals surface area contributed by atoms with Gasteiger partial charge in [-0.25, -0.2) is 9.78 Å². The van der Waals surface area contributed by atoms with Crippen molar-refractivity contribution in [2.24, 2.45) is 28.1 Å². The van der Waals surface area contributed by atoms with E-state index in [0.29, 0.717) is 12.1 Å². The standard InChI is InChI=1S/C23H39N9O7/c1-3-12(2)18(22(38)39)32-21(37)16(6-7-17(33)34)31-20(36)15(5-4-8-28-23(25)26)30-19(35)14(24)9-13-10-27-11-29-13/h10-12,14-16,18H,3-9,24H2,1-2H3,(H,27,29)(H,30,35)(H,31,36)(H,32,37)(H,33,34)(H,38,39)(H4,25,26,28). The van der Waals surface area contributed by atoms with Crippen molar-refractivity contribution in [3.63, 3.8) is 0 Å². The zero-order valence-corrected chi connectivity index (χ0v) is 22.1. The van der Waals surface area contributed by atoms with E-state index < -0.39 is 66.2 Å². The van der Waals surface area contributed by atoms with E-state index in [0.717, 1.165) is 0 Å². The summed E-state index contributed by atoms with van der Waals surface area (Å²) in [6.45, 7) is 3.54. The van der Waals surface area contributed by atoms with Crippen LogP contribution >= 0.6 is 0 Å². The third-order valence-electron chi connectivity index (χ3n) is 5.97. The maximum Gasteiger partial charge on any atom is 0.326 e. The fourth-order valence-electron chi connectivity index (χ4n) is 3.52. The maximum absolute atomic E-state index is 13.2. The Morgan fingerprint density at radius 3 is 2.18 bits per heavy atom. The lowest BCUT2D eigenvalue weighted by molar-refractivity contribution is -0.144. The molecule has 1 rings (SSSR count). The minimum atomic E-state index is -1.38. The van der Waals surface area contributed by atoms with Crippen LogP contribution in [0.3, 0.4) is 0 Å². The van der Waals surface area contributed by atoms with E-state index in [1.165, 1.54) is 12.5 Å². The number of aromatic nitrogens is 2. The first-order chi connectivity index (χ1) is 18.3. The van der Waals surface area contributed by atoms with Crippen LogP contribution in [0.15, 0.2) is 17.5 Å². The number of hydrogen-bond donors (Lipinski definition) is 9. The number of carbonyl (C=O) groups excluding carboxylic acids is 3. The molecule has 0 bridgehead atoms. The highest BCUT2D eigenvalue weighted by molar-refractivity contribution is 5.94. The van der Waals surface area contributed by atoms with Gasteiger partial charge in [0.1, 0.15) is 18.1 Å². The number of carboxylic acids is 2. The first kappa shape index (κ1) is 32.8. The van der Waals surface area contributed by atoms with Crippen LogP contribution < -0.4 is 33.2 Å². The van der Waals surface area contributed by atoms with Gasteiger partial charge in [-0.05, 0) is 25.2 Å². The van der Waals surface area contributed by atoms with Crippen molar-refractivity contribution in [1.29, 1.82) is 0 Å². The Balaban J connectivity index is 3.06. The van der Waals surface area contributed by atoms with Gasteiger partial charge in [0.05, 0.1) is 12.4 Å². The van der Waals surface area contributed by atoms with E-state index in [-0.39, 0.29) is 38.2 Å². The molecule has 0 saturated heterocycles. The molecule has 16 heteroatoms. The van der Waals surface area contributed by atoms with Gasteiger partial charge in [0.25, 0.3) is 0 Å². The lowest BCUT2D eigenvalue weighted by atomic mass is 9.98. The minimum Gasteiger partial charge on any atom is -0.481 e. The Kier molecular flexibility index (Phi) is 14.0. The summed E-state index contributed by atoms with van der Waals surface area (Å²) in [5.74, 6) is -5.37. The van der Waals surface area contributed by atoms with Gasteiger partial charge in [-0.3, -0.25) is 24.2 Å². The van der Waals surface area contributed by atoms with Crippen molar-refractivity contribution in [3.8, 4) is 0 Å². The van der Waals surface area contributed by atoms with E-state index in [1.54, 1.807) is 13.8 Å². The first-order valence-corrected chi connectivity index (χ1v) is 12.5. The normalized spacial score (nSPS) is 14.6. The summed E-state index contributed by atoms with van der Waals surface area (Å²) in [7, 11) is 0. The largest absolute Gasteiger partial charge is 0.481 e. The molecule has 1 aromatic rings. The van der Waals surface area contributed by atoms with Crippen LogP contribution in [-0.2, 0) is 30.4 Å². The average molecular weight is 554 g/mol. The van der Waals surface area contributed by atoms with Crippen LogP contribution in [0.25, 0.3) is 0 Å². The van der Waals surface area contributed by atoms with Gasteiger partial charge in [-0.1, -0.05) is 20.3 Å². The van der Waals surface area contributed by atoms with Gasteiger partial charge in [0.15, 0.2) is 5.96 Å². The molecule has 1 aromatic heterocycles. The second-order valence-corrected chi connectivity index (χ2v) is 9.10. The smallest absolute Gasteiger partial charge is 0.326 e. The van der Waals surface area contributed by atoms with Gasteiger partial charge >= 0.3 is 11.9 Å². The molecule has 3 amide bonds. The van der Waals surface area contributed by atoms with Crippen LogP contribution in [0.4, 0.5) is 0 Å². The topological polar surface area (TPSA) is 281 Å². The molecule has 16 nitrogen and oxygen atoms in total. The molecule has 39 heavy (non-hydrogen) atoms. The quantitative estimate of drug-likeness (QED) is 0.0533. The van der Waals surface area contributed by atoms with E-state index in [9.17, 15) is 29.1 Å². The zero-order chi connectivity index (χ0) is 29.5. The predicted octanol–water partition coefficient (Wildman–Crippen LogP) is -2.22. The van der Waals surface area contributed by atoms with Crippen molar-refractivity contribution in [1.82, 2.24) is 25.9 Å². The van der Waals surface area contributed by atoms with Crippen molar-refractivity contribution >= 4 is 35.6 Å². The lowest BCUT2D eigenvalue weighted by Gasteiger charge is -2.26. The summed E-state index contributed by atoms with van der Waals surface area (Å²) in [4.78, 5) is 72.2.